The third kappa shape index (κ3) is 4.73. The summed E-state index contributed by atoms with van der Waals surface area (Å²) in [6.07, 6.45) is -7.74. The summed E-state index contributed by atoms with van der Waals surface area (Å²) in [7, 11) is -4.80. The number of benzene rings is 1. The standard InChI is InChI=1S/C13H19O10P/c14-5-7-3-1-2-4-8(7)22-13-12(17)11(16)10(15)9(23-13)6-21-24(18,19)20/h1-4,9-17H,5-6H2,(H2,18,19,20). The van der Waals surface area contributed by atoms with E-state index < -0.39 is 45.1 Å². The third-order valence-electron chi connectivity index (χ3n) is 3.46. The summed E-state index contributed by atoms with van der Waals surface area (Å²) in [4.78, 5) is 17.4. The van der Waals surface area contributed by atoms with E-state index in [4.69, 9.17) is 19.3 Å². The average molecular weight is 366 g/mol. The van der Waals surface area contributed by atoms with Gasteiger partial charge in [0.1, 0.15) is 30.2 Å². The van der Waals surface area contributed by atoms with E-state index in [9.17, 15) is 25.0 Å². The summed E-state index contributed by atoms with van der Waals surface area (Å²) in [6.45, 7) is -1.06. The molecular weight excluding hydrogens is 347 g/mol. The van der Waals surface area contributed by atoms with Crippen molar-refractivity contribution < 1.29 is 48.8 Å². The molecule has 0 saturated carbocycles. The Morgan fingerprint density at radius 1 is 1.08 bits per heavy atom. The van der Waals surface area contributed by atoms with Crippen LogP contribution in [0.15, 0.2) is 24.3 Å². The molecule has 1 aliphatic rings. The average Bonchev–Trinajstić information content (AvgIpc) is 2.54. The van der Waals surface area contributed by atoms with Crippen LogP contribution >= 0.6 is 7.82 Å². The smallest absolute Gasteiger partial charge is 0.462 e. The monoisotopic (exact) mass is 366 g/mol. The molecule has 1 aromatic carbocycles. The number of aliphatic hydroxyl groups excluding tert-OH is 4. The van der Waals surface area contributed by atoms with Gasteiger partial charge in [-0.1, -0.05) is 18.2 Å². The molecule has 10 nitrogen and oxygen atoms in total. The maximum Gasteiger partial charge on any atom is 0.469 e. The van der Waals surface area contributed by atoms with E-state index in [0.29, 0.717) is 5.56 Å². The SMILES string of the molecule is O=P(O)(O)OCC1OC(Oc2ccccc2CO)C(O)C(O)C1O. The molecule has 1 fully saturated rings. The van der Waals surface area contributed by atoms with Crippen molar-refractivity contribution in [3.63, 3.8) is 0 Å². The summed E-state index contributed by atoms with van der Waals surface area (Å²) in [5, 5.41) is 38.9. The van der Waals surface area contributed by atoms with Crippen molar-refractivity contribution in [1.29, 1.82) is 0 Å². The molecular formula is C13H19O10P. The highest BCUT2D eigenvalue weighted by Crippen LogP contribution is 2.37. The molecule has 24 heavy (non-hydrogen) atoms. The molecule has 1 aliphatic heterocycles. The molecule has 2 rings (SSSR count). The van der Waals surface area contributed by atoms with Crippen LogP contribution in [0.2, 0.25) is 0 Å². The molecule has 0 aliphatic carbocycles. The highest BCUT2D eigenvalue weighted by molar-refractivity contribution is 7.46. The number of aliphatic hydroxyl groups is 4. The molecule has 5 unspecified atom stereocenters. The fraction of sp³-hybridized carbons (Fsp3) is 0.538. The number of rotatable bonds is 6. The van der Waals surface area contributed by atoms with Crippen molar-refractivity contribution in [2.75, 3.05) is 6.61 Å². The Kier molecular flexibility index (Phi) is 6.32. The van der Waals surface area contributed by atoms with Gasteiger partial charge in [0.2, 0.25) is 6.29 Å². The molecule has 0 radical (unpaired) electrons. The Hall–Kier alpha value is -1.07. The van der Waals surface area contributed by atoms with Crippen molar-refractivity contribution in [2.45, 2.75) is 37.3 Å². The van der Waals surface area contributed by atoms with Gasteiger partial charge in [0.25, 0.3) is 0 Å². The Balaban J connectivity index is 2.12. The van der Waals surface area contributed by atoms with E-state index in [2.05, 4.69) is 4.52 Å². The van der Waals surface area contributed by atoms with Crippen molar-refractivity contribution in [3.8, 4) is 5.75 Å². The Labute approximate surface area is 137 Å². The van der Waals surface area contributed by atoms with E-state index in [0.717, 1.165) is 0 Å². The van der Waals surface area contributed by atoms with Crippen LogP contribution in [0.25, 0.3) is 0 Å². The van der Waals surface area contributed by atoms with E-state index in [-0.39, 0.29) is 12.4 Å². The fourth-order valence-corrected chi connectivity index (χ4v) is 2.54. The molecule has 0 spiro atoms. The highest BCUT2D eigenvalue weighted by Gasteiger charge is 2.45. The summed E-state index contributed by atoms with van der Waals surface area (Å²) >= 11 is 0. The number of hydrogen-bond donors (Lipinski definition) is 6. The lowest BCUT2D eigenvalue weighted by Crippen LogP contribution is -2.60. The second-order valence-electron chi connectivity index (χ2n) is 5.18. The van der Waals surface area contributed by atoms with Gasteiger partial charge < -0.3 is 39.7 Å². The number of phosphoric ester groups is 1. The van der Waals surface area contributed by atoms with Crippen LogP contribution in [0.5, 0.6) is 5.75 Å². The van der Waals surface area contributed by atoms with E-state index in [1.165, 1.54) is 6.07 Å². The van der Waals surface area contributed by atoms with Gasteiger partial charge in [-0.15, -0.1) is 0 Å². The molecule has 136 valence electrons. The first kappa shape index (κ1) is 19.3. The van der Waals surface area contributed by atoms with Crippen LogP contribution in [0, 0.1) is 0 Å². The van der Waals surface area contributed by atoms with Crippen molar-refractivity contribution in [3.05, 3.63) is 29.8 Å². The predicted octanol–water partition coefficient (Wildman–Crippen LogP) is -1.53. The van der Waals surface area contributed by atoms with Gasteiger partial charge in [0, 0.05) is 5.56 Å². The van der Waals surface area contributed by atoms with Crippen LogP contribution in [-0.2, 0) is 20.4 Å². The Bertz CT molecular complexity index is 590. The number of phosphoric acid groups is 1. The van der Waals surface area contributed by atoms with E-state index in [1.54, 1.807) is 18.2 Å². The number of hydrogen-bond acceptors (Lipinski definition) is 8. The second kappa shape index (κ2) is 7.87. The van der Waals surface area contributed by atoms with E-state index >= 15 is 0 Å². The van der Waals surface area contributed by atoms with Gasteiger partial charge in [-0.2, -0.15) is 0 Å². The zero-order valence-electron chi connectivity index (χ0n) is 12.4. The fourth-order valence-electron chi connectivity index (χ4n) is 2.20. The van der Waals surface area contributed by atoms with Gasteiger partial charge >= 0.3 is 7.82 Å². The molecule has 0 bridgehead atoms. The maximum atomic E-state index is 10.7. The quantitative estimate of drug-likeness (QED) is 0.325. The van der Waals surface area contributed by atoms with Crippen molar-refractivity contribution in [2.24, 2.45) is 0 Å². The molecule has 1 heterocycles. The van der Waals surface area contributed by atoms with Gasteiger partial charge in [-0.25, -0.2) is 4.57 Å². The van der Waals surface area contributed by atoms with Crippen LogP contribution in [-0.4, -0.2) is 67.5 Å². The topological polar surface area (TPSA) is 166 Å². The predicted molar refractivity (Wildman–Crippen MR) is 77.7 cm³/mol. The first-order chi connectivity index (χ1) is 11.2. The van der Waals surface area contributed by atoms with Gasteiger partial charge in [-0.3, -0.25) is 4.52 Å². The molecule has 1 saturated heterocycles. The molecule has 0 aromatic heterocycles. The molecule has 1 aromatic rings. The Morgan fingerprint density at radius 3 is 2.38 bits per heavy atom. The lowest BCUT2D eigenvalue weighted by molar-refractivity contribution is -0.276. The van der Waals surface area contributed by atoms with Crippen LogP contribution in [0.3, 0.4) is 0 Å². The van der Waals surface area contributed by atoms with Gasteiger partial charge in [-0.05, 0) is 6.07 Å². The lowest BCUT2D eigenvalue weighted by Gasteiger charge is -2.40. The normalized spacial score (nSPS) is 31.0. The second-order valence-corrected chi connectivity index (χ2v) is 6.42. The molecule has 6 N–H and O–H groups in total. The molecule has 5 atom stereocenters. The zero-order chi connectivity index (χ0) is 17.9. The number of para-hydroxylation sites is 1. The third-order valence-corrected chi connectivity index (χ3v) is 3.95. The van der Waals surface area contributed by atoms with E-state index in [1.807, 2.05) is 0 Å². The summed E-state index contributed by atoms with van der Waals surface area (Å²) < 4.78 is 25.7. The molecule has 0 amide bonds. The van der Waals surface area contributed by atoms with Gasteiger partial charge in [0.15, 0.2) is 0 Å². The minimum Gasteiger partial charge on any atom is -0.462 e. The first-order valence-electron chi connectivity index (χ1n) is 6.98. The summed E-state index contributed by atoms with van der Waals surface area (Å²) in [6, 6.07) is 6.35. The van der Waals surface area contributed by atoms with Crippen LogP contribution in [0.4, 0.5) is 0 Å². The summed E-state index contributed by atoms with van der Waals surface area (Å²) in [5.41, 5.74) is 0.400. The largest absolute Gasteiger partial charge is 0.469 e. The van der Waals surface area contributed by atoms with Crippen LogP contribution < -0.4 is 4.74 Å². The summed E-state index contributed by atoms with van der Waals surface area (Å²) in [5.74, 6) is 0.183. The lowest BCUT2D eigenvalue weighted by atomic mass is 9.99. The van der Waals surface area contributed by atoms with Crippen molar-refractivity contribution in [1.82, 2.24) is 0 Å². The maximum absolute atomic E-state index is 10.7. The number of ether oxygens (including phenoxy) is 2. The Morgan fingerprint density at radius 2 is 1.75 bits per heavy atom. The minimum absolute atomic E-state index is 0.183. The minimum atomic E-state index is -4.80. The van der Waals surface area contributed by atoms with Crippen LogP contribution in [0.1, 0.15) is 5.56 Å². The molecule has 11 heteroatoms. The van der Waals surface area contributed by atoms with Gasteiger partial charge in [0.05, 0.1) is 13.2 Å². The van der Waals surface area contributed by atoms with Crippen molar-refractivity contribution >= 4 is 7.82 Å². The first-order valence-corrected chi connectivity index (χ1v) is 8.51. The zero-order valence-corrected chi connectivity index (χ0v) is 13.3. The highest BCUT2D eigenvalue weighted by atomic mass is 31.2.